The Morgan fingerprint density at radius 2 is 1.53 bits per heavy atom. The van der Waals surface area contributed by atoms with E-state index in [1.54, 1.807) is 0 Å². The van der Waals surface area contributed by atoms with E-state index in [9.17, 15) is 29.4 Å². The van der Waals surface area contributed by atoms with Gasteiger partial charge >= 0.3 is 11.9 Å². The number of carbonyl (C=O) groups is 4. The van der Waals surface area contributed by atoms with E-state index in [4.69, 9.17) is 9.47 Å². The van der Waals surface area contributed by atoms with Crippen molar-refractivity contribution in [3.8, 4) is 0 Å². The summed E-state index contributed by atoms with van der Waals surface area (Å²) in [4.78, 5) is 53.7. The van der Waals surface area contributed by atoms with E-state index in [2.05, 4.69) is 19.7 Å². The van der Waals surface area contributed by atoms with Crippen LogP contribution in [0.2, 0.25) is 0 Å². The summed E-state index contributed by atoms with van der Waals surface area (Å²) in [5, 5.41) is 22.6. The van der Waals surface area contributed by atoms with Crippen molar-refractivity contribution < 1.29 is 38.9 Å². The van der Waals surface area contributed by atoms with E-state index in [1.165, 1.54) is 0 Å². The summed E-state index contributed by atoms with van der Waals surface area (Å²) < 4.78 is 11.7. The Balaban J connectivity index is 1.47. The van der Waals surface area contributed by atoms with Gasteiger partial charge in [-0.2, -0.15) is 0 Å². The first-order valence-electron chi connectivity index (χ1n) is 13.7. The molecule has 3 saturated carbocycles. The van der Waals surface area contributed by atoms with Crippen LogP contribution >= 0.6 is 0 Å². The number of Topliss-reactive ketones (excluding diaryl/α,β-unsaturated/α-hetero) is 2. The number of ketones is 2. The molecule has 8 heteroatoms. The van der Waals surface area contributed by atoms with Crippen LogP contribution in [0, 0.1) is 40.9 Å². The Hall–Kier alpha value is -2.84. The molecule has 10 atom stereocenters. The second-order valence-electron chi connectivity index (χ2n) is 12.5. The van der Waals surface area contributed by atoms with Gasteiger partial charge in [0, 0.05) is 46.8 Å². The zero-order chi connectivity index (χ0) is 26.9. The Kier molecular flexibility index (Phi) is 4.86. The molecule has 0 aromatic carbocycles. The Morgan fingerprint density at radius 1 is 0.868 bits per heavy atom. The third-order valence-corrected chi connectivity index (χ3v) is 11.2. The van der Waals surface area contributed by atoms with Crippen molar-refractivity contribution in [1.29, 1.82) is 0 Å². The van der Waals surface area contributed by atoms with Gasteiger partial charge in [0.1, 0.15) is 18.0 Å². The summed E-state index contributed by atoms with van der Waals surface area (Å²) in [6.45, 7) is 11.7. The number of esters is 2. The standard InChI is InChI=1S/C30H32O8/c1-12-4-5-15-13(2)28(35)38-26(15)21-17(12)10-19(32)30(21)9-8-29(36)7-6-16-14(3)27(34)37-25(16)20-18(11-31)24(33)23(30)22(20)29/h15-18,20-21,25-26,31,36H,1-11H2. The Morgan fingerprint density at radius 3 is 2.21 bits per heavy atom. The molecule has 5 aliphatic carbocycles. The first-order valence-corrected chi connectivity index (χ1v) is 13.7. The van der Waals surface area contributed by atoms with Crippen LogP contribution in [0.4, 0.5) is 0 Å². The highest BCUT2D eigenvalue weighted by Gasteiger charge is 2.71. The molecule has 38 heavy (non-hydrogen) atoms. The van der Waals surface area contributed by atoms with Crippen LogP contribution in [-0.2, 0) is 28.7 Å². The molecule has 2 aliphatic heterocycles. The SMILES string of the molecule is C=C1C(=O)OC2C1CCC1(O)CCC3(C(=O)CC4C(=C)CCC5C(=C)C(=O)OC5C43)C3=C1C2C(CO)C3=O. The van der Waals surface area contributed by atoms with E-state index in [-0.39, 0.29) is 54.2 Å². The number of aliphatic hydroxyl groups is 2. The van der Waals surface area contributed by atoms with Gasteiger partial charge in [0.25, 0.3) is 0 Å². The van der Waals surface area contributed by atoms with Gasteiger partial charge in [-0.3, -0.25) is 9.59 Å². The van der Waals surface area contributed by atoms with Crippen molar-refractivity contribution in [3.05, 3.63) is 47.6 Å². The molecular formula is C30H32O8. The largest absolute Gasteiger partial charge is 0.458 e. The lowest BCUT2D eigenvalue weighted by Gasteiger charge is -2.47. The quantitative estimate of drug-likeness (QED) is 0.306. The molecule has 7 rings (SSSR count). The van der Waals surface area contributed by atoms with Crippen LogP contribution in [0.5, 0.6) is 0 Å². The maximum Gasteiger partial charge on any atom is 0.334 e. The summed E-state index contributed by atoms with van der Waals surface area (Å²) in [6.07, 6.45) is 1.36. The molecular weight excluding hydrogens is 488 g/mol. The number of aliphatic hydroxyl groups excluding tert-OH is 1. The van der Waals surface area contributed by atoms with Gasteiger partial charge in [-0.15, -0.1) is 0 Å². The molecule has 0 amide bonds. The van der Waals surface area contributed by atoms with Crippen LogP contribution < -0.4 is 0 Å². The normalized spacial score (nSPS) is 47.5. The second kappa shape index (κ2) is 7.63. The summed E-state index contributed by atoms with van der Waals surface area (Å²) in [6, 6.07) is 0. The third-order valence-electron chi connectivity index (χ3n) is 11.2. The fourth-order valence-electron chi connectivity index (χ4n) is 9.43. The van der Waals surface area contributed by atoms with Crippen molar-refractivity contribution in [3.63, 3.8) is 0 Å². The minimum absolute atomic E-state index is 0.105. The fourth-order valence-corrected chi connectivity index (χ4v) is 9.43. The van der Waals surface area contributed by atoms with E-state index >= 15 is 0 Å². The number of allylic oxidation sites excluding steroid dienone is 2. The van der Waals surface area contributed by atoms with Crippen LogP contribution in [0.3, 0.4) is 0 Å². The molecule has 8 nitrogen and oxygen atoms in total. The molecule has 200 valence electrons. The predicted molar refractivity (Wildman–Crippen MR) is 132 cm³/mol. The van der Waals surface area contributed by atoms with Gasteiger partial charge < -0.3 is 19.7 Å². The van der Waals surface area contributed by atoms with Crippen LogP contribution in [0.1, 0.15) is 44.9 Å². The van der Waals surface area contributed by atoms with E-state index in [0.717, 1.165) is 5.57 Å². The van der Waals surface area contributed by atoms with Crippen LogP contribution in [0.15, 0.2) is 47.6 Å². The molecule has 10 unspecified atom stereocenters. The van der Waals surface area contributed by atoms with E-state index in [1.807, 2.05) is 0 Å². The van der Waals surface area contributed by atoms with Gasteiger partial charge in [-0.1, -0.05) is 25.3 Å². The number of hydrogen-bond donors (Lipinski definition) is 2. The van der Waals surface area contributed by atoms with E-state index in [0.29, 0.717) is 42.4 Å². The monoisotopic (exact) mass is 520 g/mol. The minimum Gasteiger partial charge on any atom is -0.458 e. The topological polar surface area (TPSA) is 127 Å². The number of hydrogen-bond acceptors (Lipinski definition) is 8. The highest BCUT2D eigenvalue weighted by molar-refractivity contribution is 6.10. The molecule has 7 aliphatic rings. The fraction of sp³-hybridized carbons (Fsp3) is 0.600. The zero-order valence-electron chi connectivity index (χ0n) is 21.2. The molecule has 0 aromatic rings. The second-order valence-corrected chi connectivity index (χ2v) is 12.5. The maximum absolute atomic E-state index is 14.3. The molecule has 0 bridgehead atoms. The van der Waals surface area contributed by atoms with Crippen molar-refractivity contribution in [2.75, 3.05) is 6.61 Å². The molecule has 2 saturated heterocycles. The van der Waals surface area contributed by atoms with Gasteiger partial charge in [0.05, 0.1) is 23.5 Å². The molecule has 0 aromatic heterocycles. The molecule has 5 fully saturated rings. The molecule has 0 radical (unpaired) electrons. The summed E-state index contributed by atoms with van der Waals surface area (Å²) in [5.41, 5.74) is -0.298. The summed E-state index contributed by atoms with van der Waals surface area (Å²) in [7, 11) is 0. The number of ether oxygens (including phenoxy) is 2. The minimum atomic E-state index is -1.36. The predicted octanol–water partition coefficient (Wildman–Crippen LogP) is 2.15. The molecule has 2 N–H and O–H groups in total. The highest BCUT2D eigenvalue weighted by atomic mass is 16.6. The lowest BCUT2D eigenvalue weighted by atomic mass is 9.56. The van der Waals surface area contributed by atoms with E-state index < -0.39 is 59.5 Å². The first kappa shape index (κ1) is 24.2. The number of carbonyl (C=O) groups excluding carboxylic acids is 4. The zero-order valence-corrected chi connectivity index (χ0v) is 21.2. The van der Waals surface area contributed by atoms with Gasteiger partial charge in [-0.05, 0) is 50.0 Å². The molecule has 2 heterocycles. The summed E-state index contributed by atoms with van der Waals surface area (Å²) >= 11 is 0. The highest BCUT2D eigenvalue weighted by Crippen LogP contribution is 2.68. The number of rotatable bonds is 1. The smallest absolute Gasteiger partial charge is 0.334 e. The lowest BCUT2D eigenvalue weighted by molar-refractivity contribution is -0.146. The first-order chi connectivity index (χ1) is 18.0. The Bertz CT molecular complexity index is 1300. The van der Waals surface area contributed by atoms with Gasteiger partial charge in [-0.25, -0.2) is 9.59 Å². The lowest BCUT2D eigenvalue weighted by Crippen LogP contribution is -2.51. The average Bonchev–Trinajstić information content (AvgIpc) is 3.48. The third kappa shape index (κ3) is 2.68. The van der Waals surface area contributed by atoms with Crippen molar-refractivity contribution in [1.82, 2.24) is 0 Å². The number of fused-ring (bicyclic) bond motifs is 7. The summed E-state index contributed by atoms with van der Waals surface area (Å²) in [5.74, 6) is -4.57. The van der Waals surface area contributed by atoms with Crippen LogP contribution in [0.25, 0.3) is 0 Å². The molecule has 1 spiro atoms. The van der Waals surface area contributed by atoms with Crippen LogP contribution in [-0.4, -0.2) is 58.1 Å². The van der Waals surface area contributed by atoms with Crippen molar-refractivity contribution in [2.24, 2.45) is 40.9 Å². The maximum atomic E-state index is 14.3. The Labute approximate surface area is 220 Å². The van der Waals surface area contributed by atoms with Crippen molar-refractivity contribution in [2.45, 2.75) is 62.8 Å². The average molecular weight is 521 g/mol. The van der Waals surface area contributed by atoms with Crippen molar-refractivity contribution >= 4 is 23.5 Å². The van der Waals surface area contributed by atoms with Gasteiger partial charge in [0.2, 0.25) is 0 Å². The van der Waals surface area contributed by atoms with Gasteiger partial charge in [0.15, 0.2) is 5.78 Å².